The zero-order valence-electron chi connectivity index (χ0n) is 11.4. The van der Waals surface area contributed by atoms with Gasteiger partial charge in [-0.05, 0) is 26.7 Å². The zero-order chi connectivity index (χ0) is 13.8. The SMILES string of the molecule is CCC1OCCC1CNC(=O)CC(C)(C)C(=O)O. The molecular formula is C13H23NO4. The van der Waals surface area contributed by atoms with Crippen molar-refractivity contribution in [3.05, 3.63) is 0 Å². The Hall–Kier alpha value is -1.10. The number of carboxylic acid groups (broad SMARTS) is 1. The van der Waals surface area contributed by atoms with Gasteiger partial charge in [0, 0.05) is 25.5 Å². The first-order valence-corrected chi connectivity index (χ1v) is 6.48. The Morgan fingerprint density at radius 1 is 1.44 bits per heavy atom. The molecule has 1 fully saturated rings. The lowest BCUT2D eigenvalue weighted by atomic mass is 9.89. The maximum absolute atomic E-state index is 11.7. The highest BCUT2D eigenvalue weighted by Gasteiger charge is 2.31. The summed E-state index contributed by atoms with van der Waals surface area (Å²) in [6, 6.07) is 0. The number of rotatable bonds is 6. The fraction of sp³-hybridized carbons (Fsp3) is 0.846. The fourth-order valence-electron chi connectivity index (χ4n) is 2.16. The molecule has 0 bridgehead atoms. The van der Waals surface area contributed by atoms with E-state index in [1.165, 1.54) is 0 Å². The maximum atomic E-state index is 11.7. The van der Waals surface area contributed by atoms with Gasteiger partial charge in [0.15, 0.2) is 0 Å². The predicted molar refractivity (Wildman–Crippen MR) is 67.2 cm³/mol. The molecule has 0 radical (unpaired) electrons. The van der Waals surface area contributed by atoms with Crippen molar-refractivity contribution in [2.75, 3.05) is 13.2 Å². The summed E-state index contributed by atoms with van der Waals surface area (Å²) in [7, 11) is 0. The van der Waals surface area contributed by atoms with Crippen molar-refractivity contribution >= 4 is 11.9 Å². The minimum Gasteiger partial charge on any atom is -0.481 e. The van der Waals surface area contributed by atoms with Crippen molar-refractivity contribution in [2.24, 2.45) is 11.3 Å². The summed E-state index contributed by atoms with van der Waals surface area (Å²) in [5.74, 6) is -0.802. The van der Waals surface area contributed by atoms with E-state index in [9.17, 15) is 9.59 Å². The summed E-state index contributed by atoms with van der Waals surface area (Å²) < 4.78 is 5.54. The molecule has 1 heterocycles. The van der Waals surface area contributed by atoms with Crippen LogP contribution in [0.2, 0.25) is 0 Å². The third kappa shape index (κ3) is 3.98. The van der Waals surface area contributed by atoms with Crippen LogP contribution in [0.1, 0.15) is 40.0 Å². The van der Waals surface area contributed by atoms with E-state index < -0.39 is 11.4 Å². The van der Waals surface area contributed by atoms with Crippen LogP contribution in [0.25, 0.3) is 0 Å². The quantitative estimate of drug-likeness (QED) is 0.754. The topological polar surface area (TPSA) is 75.6 Å². The van der Waals surface area contributed by atoms with Gasteiger partial charge in [-0.15, -0.1) is 0 Å². The van der Waals surface area contributed by atoms with Gasteiger partial charge in [-0.25, -0.2) is 0 Å². The van der Waals surface area contributed by atoms with Gasteiger partial charge in [0.2, 0.25) is 5.91 Å². The molecule has 0 saturated carbocycles. The summed E-state index contributed by atoms with van der Waals surface area (Å²) >= 11 is 0. The molecule has 2 N–H and O–H groups in total. The highest BCUT2D eigenvalue weighted by atomic mass is 16.5. The van der Waals surface area contributed by atoms with Crippen LogP contribution in [0.15, 0.2) is 0 Å². The number of ether oxygens (including phenoxy) is 1. The number of carbonyl (C=O) groups excluding carboxylic acids is 1. The van der Waals surface area contributed by atoms with Gasteiger partial charge in [0.1, 0.15) is 0 Å². The van der Waals surface area contributed by atoms with E-state index in [-0.39, 0.29) is 18.4 Å². The smallest absolute Gasteiger partial charge is 0.309 e. The molecule has 18 heavy (non-hydrogen) atoms. The monoisotopic (exact) mass is 257 g/mol. The Bertz CT molecular complexity index is 314. The third-order valence-electron chi connectivity index (χ3n) is 3.49. The summed E-state index contributed by atoms with van der Waals surface area (Å²) in [5, 5.41) is 11.8. The number of carbonyl (C=O) groups is 2. The lowest BCUT2D eigenvalue weighted by molar-refractivity contribution is -0.149. The Balaban J connectivity index is 2.35. The van der Waals surface area contributed by atoms with Gasteiger partial charge in [0.05, 0.1) is 11.5 Å². The Kier molecular flexibility index (Phi) is 5.14. The largest absolute Gasteiger partial charge is 0.481 e. The molecule has 1 aliphatic heterocycles. The van der Waals surface area contributed by atoms with Crippen LogP contribution >= 0.6 is 0 Å². The molecule has 1 saturated heterocycles. The van der Waals surface area contributed by atoms with Crippen LogP contribution in [0, 0.1) is 11.3 Å². The van der Waals surface area contributed by atoms with Crippen LogP contribution in [-0.4, -0.2) is 36.2 Å². The fourth-order valence-corrected chi connectivity index (χ4v) is 2.16. The molecule has 5 heteroatoms. The van der Waals surface area contributed by atoms with E-state index >= 15 is 0 Å². The average molecular weight is 257 g/mol. The molecule has 2 atom stereocenters. The van der Waals surface area contributed by atoms with Gasteiger partial charge in [-0.3, -0.25) is 9.59 Å². The van der Waals surface area contributed by atoms with E-state index in [1.54, 1.807) is 13.8 Å². The van der Waals surface area contributed by atoms with Gasteiger partial charge in [0.25, 0.3) is 0 Å². The van der Waals surface area contributed by atoms with Crippen molar-refractivity contribution in [1.29, 1.82) is 0 Å². The molecule has 104 valence electrons. The standard InChI is InChI=1S/C13H23NO4/c1-4-10-9(5-6-18-10)8-14-11(15)7-13(2,3)12(16)17/h9-10H,4-8H2,1-3H3,(H,14,15)(H,16,17). The van der Waals surface area contributed by atoms with Crippen molar-refractivity contribution in [3.8, 4) is 0 Å². The molecule has 0 aromatic rings. The van der Waals surface area contributed by atoms with Crippen LogP contribution in [0.5, 0.6) is 0 Å². The summed E-state index contributed by atoms with van der Waals surface area (Å²) in [4.78, 5) is 22.6. The van der Waals surface area contributed by atoms with E-state index in [0.29, 0.717) is 12.5 Å². The van der Waals surface area contributed by atoms with Crippen molar-refractivity contribution < 1.29 is 19.4 Å². The summed E-state index contributed by atoms with van der Waals surface area (Å²) in [6.07, 6.45) is 2.13. The van der Waals surface area contributed by atoms with Gasteiger partial charge >= 0.3 is 5.97 Å². The molecule has 0 aromatic carbocycles. The predicted octanol–water partition coefficient (Wildman–Crippen LogP) is 1.42. The molecule has 0 aromatic heterocycles. The van der Waals surface area contributed by atoms with Gasteiger partial charge in [-0.1, -0.05) is 6.92 Å². The molecule has 5 nitrogen and oxygen atoms in total. The molecule has 1 rings (SSSR count). The number of amides is 1. The minimum absolute atomic E-state index is 0.00665. The normalized spacial score (nSPS) is 23.9. The molecule has 1 amide bonds. The molecule has 0 aliphatic carbocycles. The maximum Gasteiger partial charge on any atom is 0.309 e. The Labute approximate surface area is 108 Å². The van der Waals surface area contributed by atoms with E-state index in [2.05, 4.69) is 12.2 Å². The number of hydrogen-bond donors (Lipinski definition) is 2. The number of aliphatic carboxylic acids is 1. The molecular weight excluding hydrogens is 234 g/mol. The number of hydrogen-bond acceptors (Lipinski definition) is 3. The third-order valence-corrected chi connectivity index (χ3v) is 3.49. The van der Waals surface area contributed by atoms with E-state index in [4.69, 9.17) is 9.84 Å². The van der Waals surface area contributed by atoms with E-state index in [0.717, 1.165) is 19.4 Å². The first kappa shape index (κ1) is 15.0. The lowest BCUT2D eigenvalue weighted by Crippen LogP contribution is -2.37. The summed E-state index contributed by atoms with van der Waals surface area (Å²) in [5.41, 5.74) is -1.01. The zero-order valence-corrected chi connectivity index (χ0v) is 11.4. The van der Waals surface area contributed by atoms with Crippen molar-refractivity contribution in [1.82, 2.24) is 5.32 Å². The van der Waals surface area contributed by atoms with Crippen LogP contribution in [-0.2, 0) is 14.3 Å². The van der Waals surface area contributed by atoms with Gasteiger partial charge in [-0.2, -0.15) is 0 Å². The van der Waals surface area contributed by atoms with Gasteiger partial charge < -0.3 is 15.2 Å². The second kappa shape index (κ2) is 6.18. The molecule has 2 unspecified atom stereocenters. The van der Waals surface area contributed by atoms with Crippen molar-refractivity contribution in [3.63, 3.8) is 0 Å². The second-order valence-electron chi connectivity index (χ2n) is 5.54. The lowest BCUT2D eigenvalue weighted by Gasteiger charge is -2.20. The van der Waals surface area contributed by atoms with Crippen LogP contribution in [0.3, 0.4) is 0 Å². The van der Waals surface area contributed by atoms with Crippen LogP contribution < -0.4 is 5.32 Å². The first-order chi connectivity index (χ1) is 8.36. The van der Waals surface area contributed by atoms with E-state index in [1.807, 2.05) is 0 Å². The minimum atomic E-state index is -1.01. The number of nitrogens with one attached hydrogen (secondary N) is 1. The van der Waals surface area contributed by atoms with Crippen molar-refractivity contribution in [2.45, 2.75) is 46.1 Å². The van der Waals surface area contributed by atoms with Crippen LogP contribution in [0.4, 0.5) is 0 Å². The first-order valence-electron chi connectivity index (χ1n) is 6.48. The Morgan fingerprint density at radius 3 is 2.67 bits per heavy atom. The number of carboxylic acids is 1. The molecule has 1 aliphatic rings. The summed E-state index contributed by atoms with van der Waals surface area (Å²) in [6.45, 7) is 6.51. The second-order valence-corrected chi connectivity index (χ2v) is 5.54. The average Bonchev–Trinajstić information content (AvgIpc) is 2.72. The molecule has 0 spiro atoms. The highest BCUT2D eigenvalue weighted by molar-refractivity contribution is 5.84. The highest BCUT2D eigenvalue weighted by Crippen LogP contribution is 2.23. The Morgan fingerprint density at radius 2 is 2.11 bits per heavy atom.